The number of hydrogen-bond acceptors (Lipinski definition) is 5. The molecule has 6 heteroatoms. The number of anilines is 1. The van der Waals surface area contributed by atoms with Crippen LogP contribution >= 0.6 is 0 Å². The van der Waals surface area contributed by atoms with Gasteiger partial charge in [-0.25, -0.2) is 9.97 Å². The highest BCUT2D eigenvalue weighted by molar-refractivity contribution is 5.81. The molecule has 1 aliphatic heterocycles. The Bertz CT molecular complexity index is 363. The number of piperazine rings is 1. The first-order valence-corrected chi connectivity index (χ1v) is 5.73. The van der Waals surface area contributed by atoms with Gasteiger partial charge in [0.2, 0.25) is 5.91 Å². The van der Waals surface area contributed by atoms with E-state index in [9.17, 15) is 4.79 Å². The average molecular weight is 235 g/mol. The molecule has 17 heavy (non-hydrogen) atoms. The number of carbonyl (C=O) groups is 1. The largest absolute Gasteiger partial charge is 0.350 e. The number of likely N-dealkylation sites (N-methyl/N-ethyl adjacent to an activating group) is 1. The average Bonchev–Trinajstić information content (AvgIpc) is 2.40. The van der Waals surface area contributed by atoms with Gasteiger partial charge in [0.25, 0.3) is 0 Å². The van der Waals surface area contributed by atoms with E-state index in [4.69, 9.17) is 0 Å². The van der Waals surface area contributed by atoms with Crippen molar-refractivity contribution in [2.75, 3.05) is 44.7 Å². The topological polar surface area (TPSA) is 61.4 Å². The molecule has 1 fully saturated rings. The maximum Gasteiger partial charge on any atom is 0.242 e. The third kappa shape index (κ3) is 3.13. The van der Waals surface area contributed by atoms with E-state index >= 15 is 0 Å². The van der Waals surface area contributed by atoms with Crippen LogP contribution in [-0.4, -0.2) is 60.5 Å². The highest BCUT2D eigenvalue weighted by Gasteiger charge is 2.17. The van der Waals surface area contributed by atoms with Crippen LogP contribution in [0.4, 0.5) is 5.82 Å². The van der Waals surface area contributed by atoms with Gasteiger partial charge in [-0.05, 0) is 6.07 Å². The second-order valence-electron chi connectivity index (χ2n) is 4.05. The van der Waals surface area contributed by atoms with Crippen molar-refractivity contribution < 1.29 is 4.79 Å². The minimum absolute atomic E-state index is 0.146. The summed E-state index contributed by atoms with van der Waals surface area (Å²) < 4.78 is 0. The molecule has 0 atom stereocenters. The quantitative estimate of drug-likeness (QED) is 0.754. The van der Waals surface area contributed by atoms with Crippen molar-refractivity contribution in [2.24, 2.45) is 0 Å². The number of rotatable bonds is 3. The Morgan fingerprint density at radius 1 is 1.53 bits per heavy atom. The molecule has 92 valence electrons. The number of hydrogen-bond donors (Lipinski definition) is 1. The predicted molar refractivity (Wildman–Crippen MR) is 64.8 cm³/mol. The Kier molecular flexibility index (Phi) is 3.87. The lowest BCUT2D eigenvalue weighted by Gasteiger charge is -2.29. The van der Waals surface area contributed by atoms with Crippen LogP contribution < -0.4 is 10.2 Å². The summed E-state index contributed by atoms with van der Waals surface area (Å²) in [5.74, 6) is 0.913. The molecule has 0 saturated carbocycles. The standard InChI is InChI=1S/C11H17N5O/c1-15(10-2-3-13-9-14-10)8-11(17)16-6-4-12-5-7-16/h2-3,9,12H,4-8H2,1H3. The molecule has 0 spiro atoms. The van der Waals surface area contributed by atoms with Crippen molar-refractivity contribution >= 4 is 11.7 Å². The third-order valence-electron chi connectivity index (χ3n) is 2.80. The second-order valence-corrected chi connectivity index (χ2v) is 4.05. The first-order valence-electron chi connectivity index (χ1n) is 5.73. The molecule has 0 radical (unpaired) electrons. The maximum atomic E-state index is 12.0. The predicted octanol–water partition coefficient (Wildman–Crippen LogP) is -0.655. The van der Waals surface area contributed by atoms with Gasteiger partial charge in [-0.2, -0.15) is 0 Å². The van der Waals surface area contributed by atoms with Gasteiger partial charge < -0.3 is 15.1 Å². The normalized spacial score (nSPS) is 15.7. The molecule has 6 nitrogen and oxygen atoms in total. The highest BCUT2D eigenvalue weighted by atomic mass is 16.2. The Morgan fingerprint density at radius 2 is 2.29 bits per heavy atom. The Hall–Kier alpha value is -1.69. The van der Waals surface area contributed by atoms with Gasteiger partial charge in [0.15, 0.2) is 0 Å². The molecule has 1 saturated heterocycles. The molecular weight excluding hydrogens is 218 g/mol. The van der Waals surface area contributed by atoms with E-state index < -0.39 is 0 Å². The first-order chi connectivity index (χ1) is 8.27. The van der Waals surface area contributed by atoms with Gasteiger partial charge in [-0.3, -0.25) is 4.79 Å². The van der Waals surface area contributed by atoms with Crippen LogP contribution in [0.15, 0.2) is 18.6 Å². The monoisotopic (exact) mass is 235 g/mol. The minimum atomic E-state index is 0.146. The summed E-state index contributed by atoms with van der Waals surface area (Å²) in [6.07, 6.45) is 3.16. The number of nitrogens with zero attached hydrogens (tertiary/aromatic N) is 4. The summed E-state index contributed by atoms with van der Waals surface area (Å²) in [6.45, 7) is 3.69. The second kappa shape index (κ2) is 5.58. The first kappa shape index (κ1) is 11.8. The van der Waals surface area contributed by atoms with E-state index in [1.165, 1.54) is 6.33 Å². The van der Waals surface area contributed by atoms with Crippen LogP contribution in [-0.2, 0) is 4.79 Å². The summed E-state index contributed by atoms with van der Waals surface area (Å²) in [4.78, 5) is 23.7. The molecular formula is C11H17N5O. The summed E-state index contributed by atoms with van der Waals surface area (Å²) in [5.41, 5.74) is 0. The number of nitrogens with one attached hydrogen (secondary N) is 1. The SMILES string of the molecule is CN(CC(=O)N1CCNCC1)c1ccncn1. The van der Waals surface area contributed by atoms with Gasteiger partial charge in [0, 0.05) is 39.4 Å². The number of aromatic nitrogens is 2. The highest BCUT2D eigenvalue weighted by Crippen LogP contribution is 2.06. The zero-order valence-corrected chi connectivity index (χ0v) is 9.96. The van der Waals surface area contributed by atoms with E-state index in [1.54, 1.807) is 12.3 Å². The number of amides is 1. The van der Waals surface area contributed by atoms with Crippen molar-refractivity contribution in [3.05, 3.63) is 18.6 Å². The van der Waals surface area contributed by atoms with Crippen molar-refractivity contribution in [1.82, 2.24) is 20.2 Å². The van der Waals surface area contributed by atoms with Crippen LogP contribution in [0.3, 0.4) is 0 Å². The van der Waals surface area contributed by atoms with E-state index in [0.717, 1.165) is 32.0 Å². The minimum Gasteiger partial charge on any atom is -0.350 e. The fourth-order valence-electron chi connectivity index (χ4n) is 1.81. The van der Waals surface area contributed by atoms with Gasteiger partial charge >= 0.3 is 0 Å². The van der Waals surface area contributed by atoms with E-state index in [-0.39, 0.29) is 5.91 Å². The summed E-state index contributed by atoms with van der Waals surface area (Å²) in [6, 6.07) is 1.80. The molecule has 1 aromatic heterocycles. The van der Waals surface area contributed by atoms with Crippen LogP contribution in [0.2, 0.25) is 0 Å². The fraction of sp³-hybridized carbons (Fsp3) is 0.545. The van der Waals surface area contributed by atoms with Crippen molar-refractivity contribution in [1.29, 1.82) is 0 Å². The smallest absolute Gasteiger partial charge is 0.242 e. The van der Waals surface area contributed by atoms with Crippen molar-refractivity contribution in [3.8, 4) is 0 Å². The lowest BCUT2D eigenvalue weighted by Crippen LogP contribution is -2.49. The van der Waals surface area contributed by atoms with Crippen LogP contribution in [0.5, 0.6) is 0 Å². The number of carbonyl (C=O) groups excluding carboxylic acids is 1. The molecule has 2 heterocycles. The van der Waals surface area contributed by atoms with E-state index in [0.29, 0.717) is 6.54 Å². The summed E-state index contributed by atoms with van der Waals surface area (Å²) in [7, 11) is 1.86. The van der Waals surface area contributed by atoms with Crippen LogP contribution in [0.1, 0.15) is 0 Å². The maximum absolute atomic E-state index is 12.0. The Balaban J connectivity index is 1.89. The van der Waals surface area contributed by atoms with Crippen molar-refractivity contribution in [2.45, 2.75) is 0 Å². The molecule has 1 N–H and O–H groups in total. The molecule has 0 unspecified atom stereocenters. The molecule has 1 aromatic rings. The van der Waals surface area contributed by atoms with Gasteiger partial charge in [-0.1, -0.05) is 0 Å². The Morgan fingerprint density at radius 3 is 2.94 bits per heavy atom. The summed E-state index contributed by atoms with van der Waals surface area (Å²) in [5, 5.41) is 3.23. The van der Waals surface area contributed by atoms with Gasteiger partial charge in [0.1, 0.15) is 12.1 Å². The van der Waals surface area contributed by atoms with Gasteiger partial charge in [-0.15, -0.1) is 0 Å². The summed E-state index contributed by atoms with van der Waals surface area (Å²) >= 11 is 0. The zero-order valence-electron chi connectivity index (χ0n) is 9.96. The van der Waals surface area contributed by atoms with Gasteiger partial charge in [0.05, 0.1) is 6.54 Å². The lowest BCUT2D eigenvalue weighted by molar-refractivity contribution is -0.130. The van der Waals surface area contributed by atoms with E-state index in [1.807, 2.05) is 16.8 Å². The van der Waals surface area contributed by atoms with Crippen LogP contribution in [0, 0.1) is 0 Å². The van der Waals surface area contributed by atoms with Crippen molar-refractivity contribution in [3.63, 3.8) is 0 Å². The molecule has 1 aliphatic rings. The Labute approximate surface area is 101 Å². The molecule has 1 amide bonds. The van der Waals surface area contributed by atoms with E-state index in [2.05, 4.69) is 15.3 Å². The molecule has 0 bridgehead atoms. The third-order valence-corrected chi connectivity index (χ3v) is 2.80. The fourth-order valence-corrected chi connectivity index (χ4v) is 1.81. The molecule has 0 aliphatic carbocycles. The molecule has 2 rings (SSSR count). The molecule has 0 aromatic carbocycles. The zero-order chi connectivity index (χ0) is 12.1. The lowest BCUT2D eigenvalue weighted by atomic mass is 10.3. The van der Waals surface area contributed by atoms with Crippen LogP contribution in [0.25, 0.3) is 0 Å².